The minimum atomic E-state index is -0.0159. The molecule has 1 aliphatic heterocycles. The average molecular weight is 417 g/mol. The van der Waals surface area contributed by atoms with Crippen LogP contribution in [-0.2, 0) is 24.8 Å². The Morgan fingerprint density at radius 1 is 1.38 bits per heavy atom. The Morgan fingerprint density at radius 2 is 2.23 bits per heavy atom. The summed E-state index contributed by atoms with van der Waals surface area (Å²) in [7, 11) is 3.64. The van der Waals surface area contributed by atoms with Gasteiger partial charge in [-0.15, -0.1) is 36.2 Å². The van der Waals surface area contributed by atoms with E-state index in [2.05, 4.69) is 25.7 Å². The Balaban J connectivity index is 0.00000121. The van der Waals surface area contributed by atoms with Crippen LogP contribution in [0.15, 0.2) is 18.6 Å². The van der Waals surface area contributed by atoms with Crippen LogP contribution in [0.1, 0.15) is 22.2 Å². The van der Waals surface area contributed by atoms with Crippen molar-refractivity contribution in [2.75, 3.05) is 25.6 Å². The Labute approximate surface area is 168 Å². The van der Waals surface area contributed by atoms with Crippen molar-refractivity contribution in [1.82, 2.24) is 25.1 Å². The van der Waals surface area contributed by atoms with Crippen molar-refractivity contribution >= 4 is 52.2 Å². The molecule has 1 unspecified atom stereocenters. The first-order valence-corrected chi connectivity index (χ1v) is 8.79. The molecule has 0 aromatic carbocycles. The van der Waals surface area contributed by atoms with Crippen LogP contribution in [0.3, 0.4) is 0 Å². The summed E-state index contributed by atoms with van der Waals surface area (Å²) >= 11 is 1.75. The first-order valence-electron chi connectivity index (χ1n) is 7.97. The van der Waals surface area contributed by atoms with Gasteiger partial charge in [0.05, 0.1) is 23.7 Å². The van der Waals surface area contributed by atoms with Gasteiger partial charge < -0.3 is 15.4 Å². The maximum Gasteiger partial charge on any atom is 0.139 e. The van der Waals surface area contributed by atoms with Crippen LogP contribution in [0.4, 0.5) is 5.82 Å². The van der Waals surface area contributed by atoms with Gasteiger partial charge in [0, 0.05) is 31.8 Å². The predicted molar refractivity (Wildman–Crippen MR) is 109 cm³/mol. The summed E-state index contributed by atoms with van der Waals surface area (Å²) in [6, 6.07) is 1.99. The molecular weight excluding hydrogens is 395 g/mol. The van der Waals surface area contributed by atoms with Gasteiger partial charge in [-0.05, 0) is 24.6 Å². The number of ether oxygens (including phenoxy) is 1. The minimum absolute atomic E-state index is 0. The molecule has 1 atom stereocenters. The highest BCUT2D eigenvalue weighted by atomic mass is 35.5. The molecule has 7 nitrogen and oxygen atoms in total. The lowest BCUT2D eigenvalue weighted by molar-refractivity contribution is 0.184. The SMILES string of the molecule is COCC(Nc1ncnc2sc3c(c12)CCNC3)c1ccnn1C.Cl.Cl. The normalized spacial score (nSPS) is 14.2. The van der Waals surface area contributed by atoms with Gasteiger partial charge in [-0.3, -0.25) is 4.68 Å². The number of hydrogen-bond donors (Lipinski definition) is 2. The number of methoxy groups -OCH3 is 1. The van der Waals surface area contributed by atoms with E-state index in [1.54, 1.807) is 31.0 Å². The fourth-order valence-electron chi connectivity index (χ4n) is 3.23. The summed E-state index contributed by atoms with van der Waals surface area (Å²) in [5, 5.41) is 12.4. The first kappa shape index (κ1) is 20.9. The van der Waals surface area contributed by atoms with Crippen molar-refractivity contribution < 1.29 is 4.74 Å². The summed E-state index contributed by atoms with van der Waals surface area (Å²) in [6.07, 6.45) is 4.44. The first-order chi connectivity index (χ1) is 11.8. The number of nitrogens with one attached hydrogen (secondary N) is 2. The average Bonchev–Trinajstić information content (AvgIpc) is 3.18. The highest BCUT2D eigenvalue weighted by molar-refractivity contribution is 7.18. The number of aromatic nitrogens is 4. The van der Waals surface area contributed by atoms with E-state index in [0.29, 0.717) is 6.61 Å². The number of hydrogen-bond acceptors (Lipinski definition) is 7. The van der Waals surface area contributed by atoms with Crippen LogP contribution in [0, 0.1) is 0 Å². The second-order valence-electron chi connectivity index (χ2n) is 5.86. The van der Waals surface area contributed by atoms with Gasteiger partial charge in [0.15, 0.2) is 0 Å². The van der Waals surface area contributed by atoms with Gasteiger partial charge in [0.2, 0.25) is 0 Å². The van der Waals surface area contributed by atoms with Crippen LogP contribution < -0.4 is 10.6 Å². The van der Waals surface area contributed by atoms with E-state index in [9.17, 15) is 0 Å². The van der Waals surface area contributed by atoms with E-state index < -0.39 is 0 Å². The zero-order chi connectivity index (χ0) is 16.5. The molecule has 2 N–H and O–H groups in total. The molecule has 0 saturated carbocycles. The van der Waals surface area contributed by atoms with Crippen LogP contribution in [0.2, 0.25) is 0 Å². The third-order valence-corrected chi connectivity index (χ3v) is 5.51. The molecule has 1 aliphatic rings. The lowest BCUT2D eigenvalue weighted by atomic mass is 10.1. The van der Waals surface area contributed by atoms with E-state index in [1.807, 2.05) is 17.8 Å². The summed E-state index contributed by atoms with van der Waals surface area (Å²) in [4.78, 5) is 11.4. The van der Waals surface area contributed by atoms with E-state index in [1.165, 1.54) is 10.4 Å². The zero-order valence-electron chi connectivity index (χ0n) is 14.6. The topological polar surface area (TPSA) is 76.9 Å². The summed E-state index contributed by atoms with van der Waals surface area (Å²) in [5.74, 6) is 0.877. The molecule has 10 heteroatoms. The number of anilines is 1. The quantitative estimate of drug-likeness (QED) is 0.665. The molecule has 0 saturated heterocycles. The van der Waals surface area contributed by atoms with Gasteiger partial charge in [-0.2, -0.15) is 5.10 Å². The highest BCUT2D eigenvalue weighted by Crippen LogP contribution is 2.36. The largest absolute Gasteiger partial charge is 0.382 e. The van der Waals surface area contributed by atoms with Crippen molar-refractivity contribution in [1.29, 1.82) is 0 Å². The number of fused-ring (bicyclic) bond motifs is 3. The van der Waals surface area contributed by atoms with E-state index in [4.69, 9.17) is 4.74 Å². The second kappa shape index (κ2) is 8.96. The van der Waals surface area contributed by atoms with E-state index in [0.717, 1.165) is 41.2 Å². The molecule has 3 aromatic rings. The van der Waals surface area contributed by atoms with E-state index in [-0.39, 0.29) is 30.9 Å². The van der Waals surface area contributed by atoms with Gasteiger partial charge in [0.25, 0.3) is 0 Å². The maximum absolute atomic E-state index is 5.41. The molecule has 0 aliphatic carbocycles. The smallest absolute Gasteiger partial charge is 0.139 e. The zero-order valence-corrected chi connectivity index (χ0v) is 17.0. The Kier molecular flexibility index (Phi) is 7.19. The standard InChI is InChI=1S/C16H20N6OS.2ClH/c1-22-12(4-6-20-22)11(8-23-2)21-15-14-10-3-5-17-7-13(10)24-16(14)19-9-18-15;;/h4,6,9,11,17H,3,5,7-8H2,1-2H3,(H,18,19,21);2*1H. The summed E-state index contributed by atoms with van der Waals surface area (Å²) in [6.45, 7) is 2.45. The van der Waals surface area contributed by atoms with Crippen molar-refractivity contribution in [2.24, 2.45) is 7.05 Å². The van der Waals surface area contributed by atoms with Gasteiger partial charge in [-0.1, -0.05) is 0 Å². The number of thiophene rings is 1. The fourth-order valence-corrected chi connectivity index (χ4v) is 4.38. The molecule has 0 radical (unpaired) electrons. The molecule has 4 heterocycles. The lowest BCUT2D eigenvalue weighted by Gasteiger charge is -2.20. The molecule has 0 amide bonds. The summed E-state index contributed by atoms with van der Waals surface area (Å²) in [5.41, 5.74) is 2.44. The van der Waals surface area contributed by atoms with Crippen LogP contribution in [0.25, 0.3) is 10.2 Å². The van der Waals surface area contributed by atoms with Crippen molar-refractivity contribution in [3.8, 4) is 0 Å². The number of aryl methyl sites for hydroxylation is 1. The Bertz CT molecular complexity index is 868. The minimum Gasteiger partial charge on any atom is -0.382 e. The summed E-state index contributed by atoms with van der Waals surface area (Å²) < 4.78 is 7.27. The lowest BCUT2D eigenvalue weighted by Crippen LogP contribution is -2.23. The molecule has 0 spiro atoms. The van der Waals surface area contributed by atoms with Crippen LogP contribution in [-0.4, -0.2) is 40.0 Å². The Morgan fingerprint density at radius 3 is 2.96 bits per heavy atom. The fraction of sp³-hybridized carbons (Fsp3) is 0.438. The number of rotatable bonds is 5. The molecule has 0 bridgehead atoms. The monoisotopic (exact) mass is 416 g/mol. The number of halogens is 2. The molecular formula is C16H22Cl2N6OS. The molecule has 4 rings (SSSR count). The highest BCUT2D eigenvalue weighted by Gasteiger charge is 2.22. The van der Waals surface area contributed by atoms with Crippen LogP contribution >= 0.6 is 36.2 Å². The molecule has 0 fully saturated rings. The predicted octanol–water partition coefficient (Wildman–Crippen LogP) is 2.71. The third-order valence-electron chi connectivity index (χ3n) is 4.37. The molecule has 142 valence electrons. The third kappa shape index (κ3) is 3.79. The second-order valence-corrected chi connectivity index (χ2v) is 6.95. The van der Waals surface area contributed by atoms with Crippen molar-refractivity contribution in [3.63, 3.8) is 0 Å². The van der Waals surface area contributed by atoms with Crippen molar-refractivity contribution in [2.45, 2.75) is 19.0 Å². The van der Waals surface area contributed by atoms with Crippen molar-refractivity contribution in [3.05, 3.63) is 34.7 Å². The van der Waals surface area contributed by atoms with Crippen LogP contribution in [0.5, 0.6) is 0 Å². The van der Waals surface area contributed by atoms with Gasteiger partial charge in [0.1, 0.15) is 17.0 Å². The molecule has 26 heavy (non-hydrogen) atoms. The Hall–Kier alpha value is -1.45. The maximum atomic E-state index is 5.41. The number of nitrogens with zero attached hydrogens (tertiary/aromatic N) is 4. The van der Waals surface area contributed by atoms with Gasteiger partial charge in [-0.25, -0.2) is 9.97 Å². The van der Waals surface area contributed by atoms with E-state index >= 15 is 0 Å². The molecule has 3 aromatic heterocycles. The van der Waals surface area contributed by atoms with Gasteiger partial charge >= 0.3 is 0 Å².